The SMILES string of the molecule is CC(C)CCC(C)C=O. The van der Waals surface area contributed by atoms with Gasteiger partial charge in [0.15, 0.2) is 0 Å². The van der Waals surface area contributed by atoms with Gasteiger partial charge < -0.3 is 4.79 Å². The maximum atomic E-state index is 10.1. The minimum atomic E-state index is 0.257. The summed E-state index contributed by atoms with van der Waals surface area (Å²) in [6.07, 6.45) is 3.24. The molecule has 0 radical (unpaired) electrons. The monoisotopic (exact) mass is 128 g/mol. The lowest BCUT2D eigenvalue weighted by Gasteiger charge is -2.04. The second kappa shape index (κ2) is 4.54. The molecule has 0 aliphatic rings. The van der Waals surface area contributed by atoms with E-state index in [0.29, 0.717) is 0 Å². The fourth-order valence-electron chi connectivity index (χ4n) is 0.664. The van der Waals surface area contributed by atoms with Crippen LogP contribution in [0.15, 0.2) is 0 Å². The maximum absolute atomic E-state index is 10.1. The van der Waals surface area contributed by atoms with Crippen LogP contribution in [-0.2, 0) is 4.79 Å². The fourth-order valence-corrected chi connectivity index (χ4v) is 0.664. The quantitative estimate of drug-likeness (QED) is 0.531. The number of carbonyl (C=O) groups excluding carboxylic acids is 1. The second-order valence-corrected chi connectivity index (χ2v) is 3.08. The molecule has 54 valence electrons. The van der Waals surface area contributed by atoms with E-state index in [1.54, 1.807) is 0 Å². The van der Waals surface area contributed by atoms with E-state index in [1.165, 1.54) is 6.42 Å². The van der Waals surface area contributed by atoms with Gasteiger partial charge in [0, 0.05) is 5.92 Å². The third-order valence-corrected chi connectivity index (χ3v) is 1.43. The van der Waals surface area contributed by atoms with Crippen molar-refractivity contribution in [1.29, 1.82) is 0 Å². The molecule has 9 heavy (non-hydrogen) atoms. The average Bonchev–Trinajstić information content (AvgIpc) is 1.83. The van der Waals surface area contributed by atoms with Crippen LogP contribution in [0.2, 0.25) is 0 Å². The molecule has 0 aliphatic heterocycles. The summed E-state index contributed by atoms with van der Waals surface area (Å²) < 4.78 is 0. The summed E-state index contributed by atoms with van der Waals surface area (Å²) in [5.74, 6) is 0.986. The van der Waals surface area contributed by atoms with Crippen LogP contribution in [0, 0.1) is 11.8 Å². The number of rotatable bonds is 4. The van der Waals surface area contributed by atoms with Crippen LogP contribution >= 0.6 is 0 Å². The van der Waals surface area contributed by atoms with E-state index < -0.39 is 0 Å². The Labute approximate surface area is 57.5 Å². The molecule has 0 amide bonds. The topological polar surface area (TPSA) is 17.1 Å². The molecule has 1 unspecified atom stereocenters. The Balaban J connectivity index is 3.16. The Morgan fingerprint density at radius 1 is 1.22 bits per heavy atom. The molecule has 0 bridgehead atoms. The van der Waals surface area contributed by atoms with Crippen LogP contribution in [0.25, 0.3) is 0 Å². The lowest BCUT2D eigenvalue weighted by atomic mass is 10.0. The predicted octanol–water partition coefficient (Wildman–Crippen LogP) is 2.26. The van der Waals surface area contributed by atoms with Crippen molar-refractivity contribution < 1.29 is 4.79 Å². The van der Waals surface area contributed by atoms with Crippen LogP contribution in [0.1, 0.15) is 33.6 Å². The third-order valence-electron chi connectivity index (χ3n) is 1.43. The van der Waals surface area contributed by atoms with Gasteiger partial charge in [0.2, 0.25) is 0 Å². The van der Waals surface area contributed by atoms with Crippen LogP contribution in [0.3, 0.4) is 0 Å². The molecule has 0 aromatic rings. The molecule has 0 spiro atoms. The van der Waals surface area contributed by atoms with Gasteiger partial charge in [0.25, 0.3) is 0 Å². The fraction of sp³-hybridized carbons (Fsp3) is 0.875. The molecule has 1 heteroatoms. The summed E-state index contributed by atoms with van der Waals surface area (Å²) in [4.78, 5) is 10.1. The Morgan fingerprint density at radius 2 is 1.78 bits per heavy atom. The van der Waals surface area contributed by atoms with Crippen molar-refractivity contribution in [3.63, 3.8) is 0 Å². The number of hydrogen-bond donors (Lipinski definition) is 0. The van der Waals surface area contributed by atoms with Crippen molar-refractivity contribution in [2.24, 2.45) is 11.8 Å². The molecule has 0 aromatic carbocycles. The van der Waals surface area contributed by atoms with Crippen LogP contribution in [0.5, 0.6) is 0 Å². The Bertz CT molecular complexity index is 76.6. The Hall–Kier alpha value is -0.330. The van der Waals surface area contributed by atoms with Gasteiger partial charge in [0.1, 0.15) is 6.29 Å². The molecule has 1 atom stereocenters. The van der Waals surface area contributed by atoms with Crippen molar-refractivity contribution in [2.45, 2.75) is 33.6 Å². The second-order valence-electron chi connectivity index (χ2n) is 3.08. The molecular weight excluding hydrogens is 112 g/mol. The van der Waals surface area contributed by atoms with Crippen molar-refractivity contribution in [1.82, 2.24) is 0 Å². The average molecular weight is 128 g/mol. The summed E-state index contributed by atoms with van der Waals surface area (Å²) >= 11 is 0. The summed E-state index contributed by atoms with van der Waals surface area (Å²) in [7, 11) is 0. The van der Waals surface area contributed by atoms with E-state index in [4.69, 9.17) is 0 Å². The smallest absolute Gasteiger partial charge is 0.122 e. The molecule has 0 N–H and O–H groups in total. The maximum Gasteiger partial charge on any atom is 0.122 e. The molecule has 1 nitrogen and oxygen atoms in total. The molecule has 0 aromatic heterocycles. The Morgan fingerprint density at radius 3 is 2.11 bits per heavy atom. The van der Waals surface area contributed by atoms with Gasteiger partial charge >= 0.3 is 0 Å². The summed E-state index contributed by atoms with van der Waals surface area (Å²) in [6.45, 7) is 6.32. The number of hydrogen-bond acceptors (Lipinski definition) is 1. The first-order valence-electron chi connectivity index (χ1n) is 3.62. The van der Waals surface area contributed by atoms with E-state index in [-0.39, 0.29) is 5.92 Å². The highest BCUT2D eigenvalue weighted by Gasteiger charge is 2.00. The van der Waals surface area contributed by atoms with Gasteiger partial charge in [-0.3, -0.25) is 0 Å². The largest absolute Gasteiger partial charge is 0.303 e. The number of carbonyl (C=O) groups is 1. The molecule has 0 fully saturated rings. The van der Waals surface area contributed by atoms with Gasteiger partial charge in [-0.05, 0) is 12.3 Å². The van der Waals surface area contributed by atoms with Gasteiger partial charge in [-0.25, -0.2) is 0 Å². The normalized spacial score (nSPS) is 13.8. The molecule has 0 saturated carbocycles. The minimum absolute atomic E-state index is 0.257. The standard InChI is InChI=1S/C8H16O/c1-7(2)4-5-8(3)6-9/h6-8H,4-5H2,1-3H3. The van der Waals surface area contributed by atoms with E-state index in [2.05, 4.69) is 13.8 Å². The summed E-state index contributed by atoms with van der Waals surface area (Å²) in [6, 6.07) is 0. The van der Waals surface area contributed by atoms with E-state index in [0.717, 1.165) is 18.6 Å². The van der Waals surface area contributed by atoms with Crippen molar-refractivity contribution in [2.75, 3.05) is 0 Å². The number of aldehydes is 1. The first-order chi connectivity index (χ1) is 4.16. The molecule has 0 heterocycles. The highest BCUT2D eigenvalue weighted by atomic mass is 16.1. The highest BCUT2D eigenvalue weighted by Crippen LogP contribution is 2.08. The van der Waals surface area contributed by atoms with Crippen LogP contribution in [-0.4, -0.2) is 6.29 Å². The molecular formula is C8H16O. The molecule has 0 aliphatic carbocycles. The highest BCUT2D eigenvalue weighted by molar-refractivity contribution is 5.52. The summed E-state index contributed by atoms with van der Waals surface area (Å²) in [5.41, 5.74) is 0. The van der Waals surface area contributed by atoms with E-state index in [1.807, 2.05) is 6.92 Å². The first kappa shape index (κ1) is 8.67. The zero-order valence-electron chi connectivity index (χ0n) is 6.55. The zero-order valence-corrected chi connectivity index (χ0v) is 6.55. The summed E-state index contributed by atoms with van der Waals surface area (Å²) in [5, 5.41) is 0. The predicted molar refractivity (Wildman–Crippen MR) is 39.3 cm³/mol. The lowest BCUT2D eigenvalue weighted by Crippen LogP contribution is -1.97. The minimum Gasteiger partial charge on any atom is -0.303 e. The molecule has 0 rings (SSSR count). The van der Waals surface area contributed by atoms with E-state index in [9.17, 15) is 4.79 Å². The third kappa shape index (κ3) is 5.54. The first-order valence-corrected chi connectivity index (χ1v) is 3.62. The van der Waals surface area contributed by atoms with Crippen LogP contribution in [0.4, 0.5) is 0 Å². The Kier molecular flexibility index (Phi) is 4.37. The molecule has 0 saturated heterocycles. The zero-order chi connectivity index (χ0) is 7.28. The van der Waals surface area contributed by atoms with Crippen molar-refractivity contribution in [3.8, 4) is 0 Å². The van der Waals surface area contributed by atoms with Gasteiger partial charge in [-0.1, -0.05) is 27.2 Å². The van der Waals surface area contributed by atoms with Crippen molar-refractivity contribution >= 4 is 6.29 Å². The van der Waals surface area contributed by atoms with E-state index >= 15 is 0 Å². The van der Waals surface area contributed by atoms with Gasteiger partial charge in [0.05, 0.1) is 0 Å². The van der Waals surface area contributed by atoms with Gasteiger partial charge in [-0.2, -0.15) is 0 Å². The van der Waals surface area contributed by atoms with Crippen LogP contribution < -0.4 is 0 Å². The lowest BCUT2D eigenvalue weighted by molar-refractivity contribution is -0.110. The van der Waals surface area contributed by atoms with Gasteiger partial charge in [-0.15, -0.1) is 0 Å². The van der Waals surface area contributed by atoms with Crippen molar-refractivity contribution in [3.05, 3.63) is 0 Å².